The Kier molecular flexibility index (Phi) is 6.93. The number of halogens is 1. The van der Waals surface area contributed by atoms with Crippen LogP contribution in [0, 0.1) is 0 Å². The minimum atomic E-state index is -0.687. The molecule has 3 aromatic carbocycles. The minimum Gasteiger partial charge on any atom is -0.443 e. The van der Waals surface area contributed by atoms with Crippen LogP contribution in [0.5, 0.6) is 0 Å². The van der Waals surface area contributed by atoms with Crippen LogP contribution < -0.4 is 5.32 Å². The summed E-state index contributed by atoms with van der Waals surface area (Å²) in [6, 6.07) is 20.1. The molecule has 2 aliphatic rings. The van der Waals surface area contributed by atoms with Crippen molar-refractivity contribution in [2.75, 3.05) is 13.1 Å². The molecule has 3 heterocycles. The van der Waals surface area contributed by atoms with E-state index in [0.29, 0.717) is 28.4 Å². The van der Waals surface area contributed by atoms with Gasteiger partial charge in [0.15, 0.2) is 0 Å². The first-order valence-corrected chi connectivity index (χ1v) is 14.4. The first-order valence-electron chi connectivity index (χ1n) is 14.0. The van der Waals surface area contributed by atoms with Gasteiger partial charge in [-0.2, -0.15) is 0 Å². The van der Waals surface area contributed by atoms with E-state index in [2.05, 4.69) is 22.3 Å². The number of rotatable bonds is 4. The zero-order valence-electron chi connectivity index (χ0n) is 23.2. The molecule has 1 saturated heterocycles. The second-order valence-corrected chi connectivity index (χ2v) is 12.1. The van der Waals surface area contributed by atoms with Crippen molar-refractivity contribution < 1.29 is 14.3 Å². The standard InChI is InChI=1S/C33H34ClN3O3/c1-33(2,3)40-32(39)37-27-13-12-21(20-36-14-8-5-9-15-36)16-23(27)17-28(37)25-18-24(22-10-6-4-7-11-22)30(34)26-19-35-31(38)29(25)26/h4,6-7,10-13,16-18H,5,8-9,14-15,19-20H2,1-3H3,(H,35,38). The fourth-order valence-corrected chi connectivity index (χ4v) is 6.19. The summed E-state index contributed by atoms with van der Waals surface area (Å²) in [5.41, 5.74) is 5.54. The third kappa shape index (κ3) is 5.02. The summed E-state index contributed by atoms with van der Waals surface area (Å²) in [4.78, 5) is 29.4. The van der Waals surface area contributed by atoms with E-state index in [0.717, 1.165) is 47.2 Å². The van der Waals surface area contributed by atoms with Crippen LogP contribution in [0.3, 0.4) is 0 Å². The largest absolute Gasteiger partial charge is 0.443 e. The van der Waals surface area contributed by atoms with Crippen molar-refractivity contribution in [2.45, 2.75) is 58.7 Å². The molecule has 206 valence electrons. The Balaban J connectivity index is 1.55. The number of likely N-dealkylation sites (tertiary alicyclic amines) is 1. The average molecular weight is 556 g/mol. The first-order chi connectivity index (χ1) is 19.2. The topological polar surface area (TPSA) is 63.6 Å². The van der Waals surface area contributed by atoms with Gasteiger partial charge in [0.05, 0.1) is 21.8 Å². The predicted octanol–water partition coefficient (Wildman–Crippen LogP) is 7.64. The molecule has 2 aliphatic heterocycles. The number of nitrogens with one attached hydrogen (secondary N) is 1. The lowest BCUT2D eigenvalue weighted by Gasteiger charge is -2.26. The smallest absolute Gasteiger partial charge is 0.419 e. The van der Waals surface area contributed by atoms with E-state index in [9.17, 15) is 9.59 Å². The van der Waals surface area contributed by atoms with Crippen molar-refractivity contribution in [3.05, 3.63) is 82.4 Å². The van der Waals surface area contributed by atoms with Crippen molar-refractivity contribution in [3.63, 3.8) is 0 Å². The van der Waals surface area contributed by atoms with Crippen molar-refractivity contribution in [2.24, 2.45) is 0 Å². The Morgan fingerprint density at radius 1 is 0.975 bits per heavy atom. The van der Waals surface area contributed by atoms with Crippen LogP contribution in [0.15, 0.2) is 60.7 Å². The number of hydrogen-bond acceptors (Lipinski definition) is 4. The van der Waals surface area contributed by atoms with Crippen molar-refractivity contribution in [1.29, 1.82) is 0 Å². The molecule has 6 rings (SSSR count). The number of carbonyl (C=O) groups excluding carboxylic acids is 2. The summed E-state index contributed by atoms with van der Waals surface area (Å²) in [7, 11) is 0. The number of hydrogen-bond donors (Lipinski definition) is 1. The van der Waals surface area contributed by atoms with Gasteiger partial charge in [-0.1, -0.05) is 54.4 Å². The number of aromatic nitrogens is 1. The summed E-state index contributed by atoms with van der Waals surface area (Å²) in [5.74, 6) is -0.196. The highest BCUT2D eigenvalue weighted by Crippen LogP contribution is 2.42. The quantitative estimate of drug-likeness (QED) is 0.281. The minimum absolute atomic E-state index is 0.196. The van der Waals surface area contributed by atoms with Gasteiger partial charge >= 0.3 is 6.09 Å². The van der Waals surface area contributed by atoms with Gasteiger partial charge in [0, 0.05) is 35.2 Å². The highest BCUT2D eigenvalue weighted by Gasteiger charge is 2.31. The normalized spacial score (nSPS) is 15.8. The molecule has 1 fully saturated rings. The average Bonchev–Trinajstić information content (AvgIpc) is 3.50. The highest BCUT2D eigenvalue weighted by molar-refractivity contribution is 6.35. The Bertz CT molecular complexity index is 1610. The van der Waals surface area contributed by atoms with Crippen LogP contribution >= 0.6 is 11.6 Å². The third-order valence-corrected chi connectivity index (χ3v) is 8.10. The number of piperidine rings is 1. The molecule has 40 heavy (non-hydrogen) atoms. The number of nitrogens with zero attached hydrogens (tertiary/aromatic N) is 2. The van der Waals surface area contributed by atoms with Gasteiger partial charge in [-0.3, -0.25) is 9.69 Å². The molecular formula is C33H34ClN3O3. The van der Waals surface area contributed by atoms with E-state index < -0.39 is 11.7 Å². The van der Waals surface area contributed by atoms with Crippen LogP contribution in [-0.2, 0) is 17.8 Å². The summed E-state index contributed by atoms with van der Waals surface area (Å²) in [6.45, 7) is 9.00. The van der Waals surface area contributed by atoms with Gasteiger partial charge in [-0.05, 0) is 82.1 Å². The molecular weight excluding hydrogens is 522 g/mol. The van der Waals surface area contributed by atoms with Gasteiger partial charge in [-0.15, -0.1) is 0 Å². The fraction of sp³-hybridized carbons (Fsp3) is 0.333. The van der Waals surface area contributed by atoms with Crippen LogP contribution in [0.4, 0.5) is 4.79 Å². The van der Waals surface area contributed by atoms with E-state index in [1.165, 1.54) is 24.8 Å². The van der Waals surface area contributed by atoms with E-state index in [-0.39, 0.29) is 5.91 Å². The lowest BCUT2D eigenvalue weighted by Crippen LogP contribution is -2.29. The molecule has 0 bridgehead atoms. The molecule has 7 heteroatoms. The summed E-state index contributed by atoms with van der Waals surface area (Å²) < 4.78 is 7.48. The van der Waals surface area contributed by atoms with E-state index in [1.54, 1.807) is 4.57 Å². The molecule has 0 spiro atoms. The van der Waals surface area contributed by atoms with E-state index in [1.807, 2.05) is 69.3 Å². The van der Waals surface area contributed by atoms with Crippen molar-refractivity contribution in [3.8, 4) is 22.4 Å². The van der Waals surface area contributed by atoms with Gasteiger partial charge in [0.2, 0.25) is 0 Å². The monoisotopic (exact) mass is 555 g/mol. The summed E-state index contributed by atoms with van der Waals surface area (Å²) in [5, 5.41) is 4.41. The summed E-state index contributed by atoms with van der Waals surface area (Å²) >= 11 is 6.90. The molecule has 0 saturated carbocycles. The van der Waals surface area contributed by atoms with Gasteiger partial charge in [-0.25, -0.2) is 9.36 Å². The molecule has 0 aliphatic carbocycles. The maximum Gasteiger partial charge on any atom is 0.419 e. The number of ether oxygens (including phenoxy) is 1. The zero-order chi connectivity index (χ0) is 28.0. The van der Waals surface area contributed by atoms with Crippen LogP contribution in [-0.4, -0.2) is 40.2 Å². The second-order valence-electron chi connectivity index (χ2n) is 11.8. The van der Waals surface area contributed by atoms with Gasteiger partial charge in [0.25, 0.3) is 5.91 Å². The van der Waals surface area contributed by atoms with Gasteiger partial charge in [0.1, 0.15) is 5.60 Å². The van der Waals surface area contributed by atoms with Crippen LogP contribution in [0.25, 0.3) is 33.3 Å². The SMILES string of the molecule is CC(C)(C)OC(=O)n1c(-c2cc(-c3ccccc3)c(Cl)c3c2C(=O)NC3)cc2cc(CN3CCCCC3)ccc21. The zero-order valence-corrected chi connectivity index (χ0v) is 24.0. The lowest BCUT2D eigenvalue weighted by molar-refractivity contribution is 0.0547. The fourth-order valence-electron chi connectivity index (χ4n) is 5.87. The molecule has 1 amide bonds. The Morgan fingerprint density at radius 3 is 2.45 bits per heavy atom. The Labute approximate surface area is 239 Å². The lowest BCUT2D eigenvalue weighted by atomic mass is 9.93. The van der Waals surface area contributed by atoms with Crippen molar-refractivity contribution >= 4 is 34.5 Å². The van der Waals surface area contributed by atoms with Crippen LogP contribution in [0.1, 0.15) is 61.5 Å². The predicted molar refractivity (Wildman–Crippen MR) is 160 cm³/mol. The molecule has 6 nitrogen and oxygen atoms in total. The number of benzene rings is 3. The third-order valence-electron chi connectivity index (χ3n) is 7.67. The van der Waals surface area contributed by atoms with E-state index >= 15 is 0 Å². The maximum atomic E-state index is 13.7. The highest BCUT2D eigenvalue weighted by atomic mass is 35.5. The number of fused-ring (bicyclic) bond motifs is 2. The molecule has 0 atom stereocenters. The number of amides is 1. The molecule has 4 aromatic rings. The van der Waals surface area contributed by atoms with Gasteiger partial charge < -0.3 is 10.1 Å². The van der Waals surface area contributed by atoms with E-state index in [4.69, 9.17) is 16.3 Å². The second kappa shape index (κ2) is 10.4. The van der Waals surface area contributed by atoms with Crippen molar-refractivity contribution in [1.82, 2.24) is 14.8 Å². The Hall–Kier alpha value is -3.61. The molecule has 0 radical (unpaired) electrons. The Morgan fingerprint density at radius 2 is 1.73 bits per heavy atom. The maximum absolute atomic E-state index is 13.7. The summed E-state index contributed by atoms with van der Waals surface area (Å²) in [6.07, 6.45) is 3.27. The number of carbonyl (C=O) groups is 2. The molecule has 1 N–H and O–H groups in total. The molecule has 0 unspecified atom stereocenters. The first kappa shape index (κ1) is 26.6. The molecule has 1 aromatic heterocycles. The van der Waals surface area contributed by atoms with Crippen LogP contribution in [0.2, 0.25) is 5.02 Å².